The van der Waals surface area contributed by atoms with Gasteiger partial charge in [-0.05, 0) is 43.0 Å². The molecule has 1 aromatic heterocycles. The van der Waals surface area contributed by atoms with E-state index in [0.717, 1.165) is 18.7 Å². The van der Waals surface area contributed by atoms with Crippen LogP contribution in [0.25, 0.3) is 0 Å². The number of nitrogens with zero attached hydrogens (tertiary/aromatic N) is 1. The molecular weight excluding hydrogens is 160 g/mol. The zero-order valence-corrected chi connectivity index (χ0v) is 8.67. The van der Waals surface area contributed by atoms with Gasteiger partial charge >= 0.3 is 0 Å². The maximum Gasteiger partial charge on any atom is 0.0375 e. The van der Waals surface area contributed by atoms with Crippen LogP contribution in [0.2, 0.25) is 0 Å². The van der Waals surface area contributed by atoms with Crippen molar-refractivity contribution in [3.05, 3.63) is 29.6 Å². The lowest BCUT2D eigenvalue weighted by molar-refractivity contribution is 0.487. The minimum atomic E-state index is 0.169. The molecule has 13 heavy (non-hydrogen) atoms. The molecule has 0 fully saturated rings. The molecule has 1 rings (SSSR count). The van der Waals surface area contributed by atoms with Gasteiger partial charge in [-0.1, -0.05) is 13.8 Å². The summed E-state index contributed by atoms with van der Waals surface area (Å²) in [6, 6.07) is 4.21. The van der Waals surface area contributed by atoms with E-state index in [0.29, 0.717) is 0 Å². The molecule has 72 valence electrons. The first-order chi connectivity index (χ1) is 6.06. The molecule has 0 aliphatic heterocycles. The molecule has 0 aliphatic carbocycles. The Labute approximate surface area is 80.2 Å². The fourth-order valence-electron chi connectivity index (χ4n) is 1.47. The SMILES string of the molecule is Cc1cc(C(C)(C)CCN)ccn1. The zero-order chi connectivity index (χ0) is 9.90. The first-order valence-corrected chi connectivity index (χ1v) is 4.69. The molecule has 1 heterocycles. The molecule has 0 aliphatic rings. The van der Waals surface area contributed by atoms with Crippen LogP contribution < -0.4 is 5.73 Å². The van der Waals surface area contributed by atoms with Gasteiger partial charge in [-0.2, -0.15) is 0 Å². The standard InChI is InChI=1S/C11H18N2/c1-9-8-10(4-7-13-9)11(2,3)5-6-12/h4,7-8H,5-6,12H2,1-3H3. The summed E-state index contributed by atoms with van der Waals surface area (Å²) in [6.07, 6.45) is 2.87. The molecule has 0 spiro atoms. The minimum Gasteiger partial charge on any atom is -0.330 e. The lowest BCUT2D eigenvalue weighted by Crippen LogP contribution is -2.21. The molecule has 2 N–H and O–H groups in total. The van der Waals surface area contributed by atoms with Crippen molar-refractivity contribution in [1.29, 1.82) is 0 Å². The highest BCUT2D eigenvalue weighted by molar-refractivity contribution is 5.23. The van der Waals surface area contributed by atoms with Gasteiger partial charge in [-0.25, -0.2) is 0 Å². The molecule has 0 unspecified atom stereocenters. The van der Waals surface area contributed by atoms with Crippen molar-refractivity contribution in [1.82, 2.24) is 4.98 Å². The molecule has 0 bridgehead atoms. The monoisotopic (exact) mass is 178 g/mol. The van der Waals surface area contributed by atoms with Crippen molar-refractivity contribution in [3.8, 4) is 0 Å². The first kappa shape index (κ1) is 10.2. The molecule has 2 nitrogen and oxygen atoms in total. The summed E-state index contributed by atoms with van der Waals surface area (Å²) in [7, 11) is 0. The molecule has 0 amide bonds. The lowest BCUT2D eigenvalue weighted by atomic mass is 9.82. The second kappa shape index (κ2) is 3.88. The molecule has 0 aromatic carbocycles. The van der Waals surface area contributed by atoms with Crippen LogP contribution in [0.4, 0.5) is 0 Å². The van der Waals surface area contributed by atoms with Gasteiger partial charge in [-0.3, -0.25) is 4.98 Å². The van der Waals surface area contributed by atoms with Gasteiger partial charge in [0, 0.05) is 11.9 Å². The summed E-state index contributed by atoms with van der Waals surface area (Å²) in [4.78, 5) is 4.18. The van der Waals surface area contributed by atoms with Gasteiger partial charge < -0.3 is 5.73 Å². The van der Waals surface area contributed by atoms with Gasteiger partial charge in [0.25, 0.3) is 0 Å². The Morgan fingerprint density at radius 3 is 2.69 bits per heavy atom. The van der Waals surface area contributed by atoms with Crippen LogP contribution in [0.3, 0.4) is 0 Å². The summed E-state index contributed by atoms with van der Waals surface area (Å²) in [5.74, 6) is 0. The third-order valence-electron chi connectivity index (χ3n) is 2.45. The van der Waals surface area contributed by atoms with E-state index in [4.69, 9.17) is 5.73 Å². The predicted molar refractivity (Wildman–Crippen MR) is 55.7 cm³/mol. The molecule has 0 saturated heterocycles. The highest BCUT2D eigenvalue weighted by atomic mass is 14.7. The topological polar surface area (TPSA) is 38.9 Å². The van der Waals surface area contributed by atoms with Gasteiger partial charge in [-0.15, -0.1) is 0 Å². The number of hydrogen-bond donors (Lipinski definition) is 1. The molecule has 0 atom stereocenters. The zero-order valence-electron chi connectivity index (χ0n) is 8.67. The van der Waals surface area contributed by atoms with E-state index < -0.39 is 0 Å². The summed E-state index contributed by atoms with van der Waals surface area (Å²) in [6.45, 7) is 7.18. The maximum absolute atomic E-state index is 5.57. The molecule has 2 heteroatoms. The Balaban J connectivity index is 2.93. The number of aromatic nitrogens is 1. The first-order valence-electron chi connectivity index (χ1n) is 4.69. The molecular formula is C11H18N2. The van der Waals surface area contributed by atoms with Crippen LogP contribution in [0.15, 0.2) is 18.3 Å². The fourth-order valence-corrected chi connectivity index (χ4v) is 1.47. The van der Waals surface area contributed by atoms with Gasteiger partial charge in [0.05, 0.1) is 0 Å². The lowest BCUT2D eigenvalue weighted by Gasteiger charge is -2.24. The van der Waals surface area contributed by atoms with E-state index in [2.05, 4.69) is 31.0 Å². The number of pyridine rings is 1. The second-order valence-corrected chi connectivity index (χ2v) is 4.11. The Bertz CT molecular complexity index is 279. The van der Waals surface area contributed by atoms with Crippen LogP contribution in [0.1, 0.15) is 31.5 Å². The fraction of sp³-hybridized carbons (Fsp3) is 0.545. The maximum atomic E-state index is 5.57. The third kappa shape index (κ3) is 2.52. The Morgan fingerprint density at radius 2 is 2.15 bits per heavy atom. The van der Waals surface area contributed by atoms with Crippen molar-refractivity contribution >= 4 is 0 Å². The van der Waals surface area contributed by atoms with Gasteiger partial charge in [0.1, 0.15) is 0 Å². The van der Waals surface area contributed by atoms with Crippen molar-refractivity contribution in [3.63, 3.8) is 0 Å². The second-order valence-electron chi connectivity index (χ2n) is 4.11. The third-order valence-corrected chi connectivity index (χ3v) is 2.45. The normalized spacial score (nSPS) is 11.7. The van der Waals surface area contributed by atoms with Crippen molar-refractivity contribution in [2.45, 2.75) is 32.6 Å². The van der Waals surface area contributed by atoms with E-state index in [1.807, 2.05) is 13.1 Å². The number of hydrogen-bond acceptors (Lipinski definition) is 2. The van der Waals surface area contributed by atoms with Crippen LogP contribution in [0.5, 0.6) is 0 Å². The summed E-state index contributed by atoms with van der Waals surface area (Å²) in [5, 5.41) is 0. The minimum absolute atomic E-state index is 0.169. The smallest absolute Gasteiger partial charge is 0.0375 e. The quantitative estimate of drug-likeness (QED) is 0.769. The Kier molecular flexibility index (Phi) is 3.04. The average molecular weight is 178 g/mol. The Morgan fingerprint density at radius 1 is 1.46 bits per heavy atom. The van der Waals surface area contributed by atoms with E-state index >= 15 is 0 Å². The number of aryl methyl sites for hydroxylation is 1. The van der Waals surface area contributed by atoms with E-state index in [1.54, 1.807) is 0 Å². The summed E-state index contributed by atoms with van der Waals surface area (Å²) in [5.41, 5.74) is 8.14. The van der Waals surface area contributed by atoms with Crippen LogP contribution >= 0.6 is 0 Å². The highest BCUT2D eigenvalue weighted by Crippen LogP contribution is 2.26. The average Bonchev–Trinajstić information content (AvgIpc) is 2.04. The largest absolute Gasteiger partial charge is 0.330 e. The molecule has 1 aromatic rings. The van der Waals surface area contributed by atoms with E-state index in [9.17, 15) is 0 Å². The van der Waals surface area contributed by atoms with Crippen molar-refractivity contribution < 1.29 is 0 Å². The van der Waals surface area contributed by atoms with Crippen molar-refractivity contribution in [2.75, 3.05) is 6.54 Å². The molecule has 0 radical (unpaired) electrons. The van der Waals surface area contributed by atoms with Crippen LogP contribution in [-0.2, 0) is 5.41 Å². The van der Waals surface area contributed by atoms with Crippen molar-refractivity contribution in [2.24, 2.45) is 5.73 Å². The van der Waals surface area contributed by atoms with Gasteiger partial charge in [0.2, 0.25) is 0 Å². The summed E-state index contributed by atoms with van der Waals surface area (Å²) >= 11 is 0. The number of nitrogens with two attached hydrogens (primary N) is 1. The predicted octanol–water partition coefficient (Wildman–Crippen LogP) is 2.02. The van der Waals surface area contributed by atoms with Crippen LogP contribution in [0, 0.1) is 6.92 Å². The van der Waals surface area contributed by atoms with Gasteiger partial charge in [0.15, 0.2) is 0 Å². The highest BCUT2D eigenvalue weighted by Gasteiger charge is 2.19. The van der Waals surface area contributed by atoms with E-state index in [-0.39, 0.29) is 5.41 Å². The number of rotatable bonds is 3. The Hall–Kier alpha value is -0.890. The summed E-state index contributed by atoms with van der Waals surface area (Å²) < 4.78 is 0. The molecule has 0 saturated carbocycles. The van der Waals surface area contributed by atoms with Crippen LogP contribution in [-0.4, -0.2) is 11.5 Å². The van der Waals surface area contributed by atoms with E-state index in [1.165, 1.54) is 5.56 Å².